The van der Waals surface area contributed by atoms with Gasteiger partial charge in [-0.3, -0.25) is 9.59 Å². The molecule has 1 atom stereocenters. The van der Waals surface area contributed by atoms with Crippen LogP contribution in [0.15, 0.2) is 48.5 Å². The highest BCUT2D eigenvalue weighted by Gasteiger charge is 2.28. The Kier molecular flexibility index (Phi) is 8.65. The molecule has 0 heterocycles. The van der Waals surface area contributed by atoms with Crippen molar-refractivity contribution < 1.29 is 18.7 Å². The molecule has 2 amide bonds. The van der Waals surface area contributed by atoms with Crippen LogP contribution in [-0.4, -0.2) is 35.9 Å². The van der Waals surface area contributed by atoms with E-state index in [-0.39, 0.29) is 24.2 Å². The fourth-order valence-electron chi connectivity index (χ4n) is 3.05. The highest BCUT2D eigenvalue weighted by Crippen LogP contribution is 2.16. The number of hydrogen-bond donors (Lipinski definition) is 1. The molecule has 0 bridgehead atoms. The van der Waals surface area contributed by atoms with Crippen LogP contribution in [0.2, 0.25) is 0 Å². The first-order chi connectivity index (χ1) is 13.9. The molecule has 1 unspecified atom stereocenters. The maximum absolute atomic E-state index is 13.1. The fraction of sp³-hybridized carbons (Fsp3) is 0.391. The normalized spacial score (nSPS) is 11.6. The van der Waals surface area contributed by atoms with Gasteiger partial charge in [0.2, 0.25) is 5.91 Å². The highest BCUT2D eigenvalue weighted by molar-refractivity contribution is 5.88. The molecule has 156 valence electrons. The number of benzene rings is 2. The average molecular weight is 400 g/mol. The van der Waals surface area contributed by atoms with Crippen LogP contribution in [0.25, 0.3) is 0 Å². The third-order valence-corrected chi connectivity index (χ3v) is 4.55. The number of nitrogens with zero attached hydrogens (tertiary/aromatic N) is 1. The van der Waals surface area contributed by atoms with Crippen molar-refractivity contribution >= 4 is 11.8 Å². The van der Waals surface area contributed by atoms with E-state index >= 15 is 0 Å². The molecule has 0 aliphatic rings. The SMILES string of the molecule is CCCNC(=O)C(CC)N(Cc1cccc(C)c1)C(=O)COc1ccc(F)cc1. The summed E-state index contributed by atoms with van der Waals surface area (Å²) in [6.07, 6.45) is 1.31. The number of halogens is 1. The van der Waals surface area contributed by atoms with Crippen LogP contribution in [0.1, 0.15) is 37.8 Å². The van der Waals surface area contributed by atoms with E-state index in [1.54, 1.807) is 4.90 Å². The number of nitrogens with one attached hydrogen (secondary N) is 1. The lowest BCUT2D eigenvalue weighted by Crippen LogP contribution is -2.50. The van der Waals surface area contributed by atoms with Crippen LogP contribution in [0, 0.1) is 12.7 Å². The minimum atomic E-state index is -0.591. The summed E-state index contributed by atoms with van der Waals surface area (Å²) in [7, 11) is 0. The van der Waals surface area contributed by atoms with Gasteiger partial charge in [-0.15, -0.1) is 0 Å². The van der Waals surface area contributed by atoms with Crippen LogP contribution in [0.4, 0.5) is 4.39 Å². The van der Waals surface area contributed by atoms with E-state index in [0.29, 0.717) is 25.3 Å². The van der Waals surface area contributed by atoms with Gasteiger partial charge in [-0.2, -0.15) is 0 Å². The zero-order valence-corrected chi connectivity index (χ0v) is 17.3. The lowest BCUT2D eigenvalue weighted by Gasteiger charge is -2.30. The second kappa shape index (κ2) is 11.2. The average Bonchev–Trinajstić information content (AvgIpc) is 2.71. The number of hydrogen-bond acceptors (Lipinski definition) is 3. The number of ether oxygens (including phenoxy) is 1. The van der Waals surface area contributed by atoms with Crippen molar-refractivity contribution in [2.45, 2.75) is 46.2 Å². The second-order valence-corrected chi connectivity index (χ2v) is 6.97. The molecule has 29 heavy (non-hydrogen) atoms. The van der Waals surface area contributed by atoms with Crippen LogP contribution in [-0.2, 0) is 16.1 Å². The molecule has 0 aliphatic carbocycles. The molecule has 0 aliphatic heterocycles. The zero-order valence-electron chi connectivity index (χ0n) is 17.3. The Hall–Kier alpha value is -2.89. The molecule has 0 saturated heterocycles. The first-order valence-corrected chi connectivity index (χ1v) is 9.95. The van der Waals surface area contributed by atoms with E-state index < -0.39 is 6.04 Å². The van der Waals surface area contributed by atoms with Crippen LogP contribution >= 0.6 is 0 Å². The van der Waals surface area contributed by atoms with Crippen molar-refractivity contribution in [1.29, 1.82) is 0 Å². The predicted octanol–water partition coefficient (Wildman–Crippen LogP) is 3.85. The summed E-state index contributed by atoms with van der Waals surface area (Å²) < 4.78 is 18.6. The van der Waals surface area contributed by atoms with Gasteiger partial charge in [-0.05, 0) is 49.6 Å². The molecule has 6 heteroatoms. The van der Waals surface area contributed by atoms with Crippen LogP contribution in [0.5, 0.6) is 5.75 Å². The molecule has 0 fully saturated rings. The number of carbonyl (C=O) groups is 2. The maximum atomic E-state index is 13.1. The lowest BCUT2D eigenvalue weighted by molar-refractivity contribution is -0.143. The maximum Gasteiger partial charge on any atom is 0.261 e. The first kappa shape index (κ1) is 22.4. The fourth-order valence-corrected chi connectivity index (χ4v) is 3.05. The van der Waals surface area contributed by atoms with E-state index in [2.05, 4.69) is 5.32 Å². The van der Waals surface area contributed by atoms with Crippen LogP contribution in [0.3, 0.4) is 0 Å². The summed E-state index contributed by atoms with van der Waals surface area (Å²) in [4.78, 5) is 27.2. The Bertz CT molecular complexity index is 808. The van der Waals surface area contributed by atoms with E-state index in [1.165, 1.54) is 24.3 Å². The molecule has 0 radical (unpaired) electrons. The third kappa shape index (κ3) is 6.89. The van der Waals surface area contributed by atoms with Crippen molar-refractivity contribution in [3.05, 3.63) is 65.5 Å². The van der Waals surface area contributed by atoms with E-state index in [0.717, 1.165) is 17.5 Å². The summed E-state index contributed by atoms with van der Waals surface area (Å²) in [6, 6.07) is 12.7. The second-order valence-electron chi connectivity index (χ2n) is 6.97. The van der Waals surface area contributed by atoms with Gasteiger partial charge in [-0.1, -0.05) is 43.7 Å². The van der Waals surface area contributed by atoms with Crippen molar-refractivity contribution in [3.8, 4) is 5.75 Å². The molecular formula is C23H29FN2O3. The summed E-state index contributed by atoms with van der Waals surface area (Å²) in [6.45, 7) is 6.49. The van der Waals surface area contributed by atoms with Crippen LogP contribution < -0.4 is 10.1 Å². The number of carbonyl (C=O) groups excluding carboxylic acids is 2. The van der Waals surface area contributed by atoms with Gasteiger partial charge in [0.05, 0.1) is 0 Å². The van der Waals surface area contributed by atoms with Gasteiger partial charge in [0.25, 0.3) is 5.91 Å². The topological polar surface area (TPSA) is 58.6 Å². The molecule has 2 rings (SSSR count). The number of aryl methyl sites for hydroxylation is 1. The monoisotopic (exact) mass is 400 g/mol. The van der Waals surface area contributed by atoms with Gasteiger partial charge in [-0.25, -0.2) is 4.39 Å². The van der Waals surface area contributed by atoms with Gasteiger partial charge in [0.1, 0.15) is 17.6 Å². The molecule has 5 nitrogen and oxygen atoms in total. The van der Waals surface area contributed by atoms with Crippen molar-refractivity contribution in [1.82, 2.24) is 10.2 Å². The smallest absolute Gasteiger partial charge is 0.261 e. The molecule has 2 aromatic carbocycles. The highest BCUT2D eigenvalue weighted by atomic mass is 19.1. The standard InChI is InChI=1S/C23H29FN2O3/c1-4-13-25-23(28)21(5-2)26(15-18-8-6-7-17(3)14-18)22(27)16-29-20-11-9-19(24)10-12-20/h6-12,14,21H,4-5,13,15-16H2,1-3H3,(H,25,28). The minimum Gasteiger partial charge on any atom is -0.484 e. The molecule has 0 saturated carbocycles. The van der Waals surface area contributed by atoms with Crippen molar-refractivity contribution in [2.75, 3.05) is 13.2 Å². The Morgan fingerprint density at radius 2 is 1.86 bits per heavy atom. The van der Waals surface area contributed by atoms with Gasteiger partial charge < -0.3 is 15.0 Å². The summed E-state index contributed by atoms with van der Waals surface area (Å²) in [5, 5.41) is 2.88. The molecular weight excluding hydrogens is 371 g/mol. The molecule has 0 spiro atoms. The minimum absolute atomic E-state index is 0.169. The quantitative estimate of drug-likeness (QED) is 0.659. The van der Waals surface area contributed by atoms with Gasteiger partial charge >= 0.3 is 0 Å². The Balaban J connectivity index is 2.17. The first-order valence-electron chi connectivity index (χ1n) is 9.95. The largest absolute Gasteiger partial charge is 0.484 e. The molecule has 1 N–H and O–H groups in total. The van der Waals surface area contributed by atoms with E-state index in [4.69, 9.17) is 4.74 Å². The van der Waals surface area contributed by atoms with Crippen molar-refractivity contribution in [2.24, 2.45) is 0 Å². The summed E-state index contributed by atoms with van der Waals surface area (Å²) >= 11 is 0. The molecule has 0 aromatic heterocycles. The summed E-state index contributed by atoms with van der Waals surface area (Å²) in [5.74, 6) is -0.436. The molecule has 2 aromatic rings. The number of rotatable bonds is 10. The lowest BCUT2D eigenvalue weighted by atomic mass is 10.1. The van der Waals surface area contributed by atoms with Gasteiger partial charge in [0.15, 0.2) is 6.61 Å². The zero-order chi connectivity index (χ0) is 21.2. The third-order valence-electron chi connectivity index (χ3n) is 4.55. The van der Waals surface area contributed by atoms with E-state index in [1.807, 2.05) is 45.0 Å². The number of amides is 2. The Labute approximate surface area is 171 Å². The van der Waals surface area contributed by atoms with E-state index in [9.17, 15) is 14.0 Å². The summed E-state index contributed by atoms with van der Waals surface area (Å²) in [5.41, 5.74) is 2.03. The van der Waals surface area contributed by atoms with Crippen molar-refractivity contribution in [3.63, 3.8) is 0 Å². The Morgan fingerprint density at radius 3 is 2.48 bits per heavy atom. The Morgan fingerprint density at radius 1 is 1.14 bits per heavy atom. The van der Waals surface area contributed by atoms with Gasteiger partial charge in [0, 0.05) is 13.1 Å². The predicted molar refractivity (Wildman–Crippen MR) is 111 cm³/mol.